The van der Waals surface area contributed by atoms with Crippen LogP contribution in [-0.2, 0) is 0 Å². The summed E-state index contributed by atoms with van der Waals surface area (Å²) >= 11 is 2.86. The Morgan fingerprint density at radius 3 is 2.64 bits per heavy atom. The summed E-state index contributed by atoms with van der Waals surface area (Å²) in [4.78, 5) is 0. The van der Waals surface area contributed by atoms with E-state index in [9.17, 15) is 8.78 Å². The van der Waals surface area contributed by atoms with Gasteiger partial charge in [0.1, 0.15) is 11.6 Å². The van der Waals surface area contributed by atoms with Crippen molar-refractivity contribution in [1.82, 2.24) is 0 Å². The predicted molar refractivity (Wildman–Crippen MR) is 52.6 cm³/mol. The monoisotopic (exact) mass is 260 g/mol. The van der Waals surface area contributed by atoms with Crippen LogP contribution in [0.15, 0.2) is 16.6 Å². The van der Waals surface area contributed by atoms with E-state index in [0.717, 1.165) is 12.1 Å². The molecule has 0 radical (unpaired) electrons. The lowest BCUT2D eigenvalue weighted by atomic mass is 10.2. The Balaban J connectivity index is 3.00. The number of rotatable bonds is 1. The van der Waals surface area contributed by atoms with Gasteiger partial charge in [0, 0.05) is 6.42 Å². The Morgan fingerprint density at radius 1 is 1.29 bits per heavy atom. The molecule has 0 aliphatic carbocycles. The van der Waals surface area contributed by atoms with Crippen LogP contribution in [-0.4, -0.2) is 11.7 Å². The molecule has 0 fully saturated rings. The molecule has 74 valence electrons. The summed E-state index contributed by atoms with van der Waals surface area (Å²) in [6.07, 6.45) is 0.247. The lowest BCUT2D eigenvalue weighted by Crippen LogP contribution is -1.88. The molecule has 0 aromatic heterocycles. The minimum absolute atomic E-state index is 0.000787. The van der Waals surface area contributed by atoms with Gasteiger partial charge < -0.3 is 5.11 Å². The first-order valence-electron chi connectivity index (χ1n) is 3.89. The molecule has 0 aliphatic rings. The van der Waals surface area contributed by atoms with Gasteiger partial charge in [-0.3, -0.25) is 0 Å². The molecule has 1 aromatic rings. The van der Waals surface area contributed by atoms with E-state index in [-0.39, 0.29) is 23.1 Å². The molecule has 1 nitrogen and oxygen atoms in total. The molecule has 0 spiro atoms. The molecule has 4 heteroatoms. The molecule has 14 heavy (non-hydrogen) atoms. The topological polar surface area (TPSA) is 20.2 Å². The zero-order chi connectivity index (χ0) is 10.6. The Hall–Kier alpha value is -0.920. The second kappa shape index (κ2) is 5.08. The molecule has 1 N–H and O–H groups in total. The third-order valence-corrected chi connectivity index (χ3v) is 2.08. The summed E-state index contributed by atoms with van der Waals surface area (Å²) in [7, 11) is 0. The molecule has 1 aromatic carbocycles. The lowest BCUT2D eigenvalue weighted by molar-refractivity contribution is 0.305. The van der Waals surface area contributed by atoms with Crippen LogP contribution in [0, 0.1) is 23.5 Å². The van der Waals surface area contributed by atoms with E-state index in [1.807, 2.05) is 0 Å². The van der Waals surface area contributed by atoms with Crippen LogP contribution in [0.5, 0.6) is 0 Å². The fraction of sp³-hybridized carbons (Fsp3) is 0.200. The van der Waals surface area contributed by atoms with Crippen LogP contribution < -0.4 is 0 Å². The maximum absolute atomic E-state index is 13.1. The van der Waals surface area contributed by atoms with Gasteiger partial charge in [0.25, 0.3) is 0 Å². The number of hydrogen-bond donors (Lipinski definition) is 1. The second-order valence-corrected chi connectivity index (χ2v) is 3.38. The van der Waals surface area contributed by atoms with Gasteiger partial charge in [-0.15, -0.1) is 0 Å². The van der Waals surface area contributed by atoms with Gasteiger partial charge in [-0.2, -0.15) is 0 Å². The summed E-state index contributed by atoms with van der Waals surface area (Å²) in [5, 5.41) is 8.43. The highest BCUT2D eigenvalue weighted by molar-refractivity contribution is 9.10. The van der Waals surface area contributed by atoms with Crippen molar-refractivity contribution >= 4 is 15.9 Å². The van der Waals surface area contributed by atoms with Crippen LogP contribution in [0.1, 0.15) is 12.0 Å². The number of aliphatic hydroxyl groups is 1. The van der Waals surface area contributed by atoms with Crippen LogP contribution in [0.4, 0.5) is 8.78 Å². The SMILES string of the molecule is OCCC#Cc1cc(F)c(Br)cc1F. The number of halogens is 3. The second-order valence-electron chi connectivity index (χ2n) is 2.52. The Labute approximate surface area is 88.9 Å². The molecular formula is C10H7BrF2O. The van der Waals surface area contributed by atoms with Crippen molar-refractivity contribution in [2.24, 2.45) is 0 Å². The largest absolute Gasteiger partial charge is 0.395 e. The van der Waals surface area contributed by atoms with Crippen molar-refractivity contribution < 1.29 is 13.9 Å². The van der Waals surface area contributed by atoms with Gasteiger partial charge in [0.2, 0.25) is 0 Å². The van der Waals surface area contributed by atoms with E-state index in [2.05, 4.69) is 27.8 Å². The normalized spacial score (nSPS) is 9.43. The van der Waals surface area contributed by atoms with Crippen LogP contribution >= 0.6 is 15.9 Å². The maximum atomic E-state index is 13.1. The first-order valence-corrected chi connectivity index (χ1v) is 4.68. The highest BCUT2D eigenvalue weighted by Gasteiger charge is 2.05. The van der Waals surface area contributed by atoms with Gasteiger partial charge in [-0.05, 0) is 28.1 Å². The van der Waals surface area contributed by atoms with Gasteiger partial charge in [0.05, 0.1) is 16.6 Å². The minimum atomic E-state index is -0.580. The lowest BCUT2D eigenvalue weighted by Gasteiger charge is -1.97. The Morgan fingerprint density at radius 2 is 2.00 bits per heavy atom. The molecule has 0 bridgehead atoms. The third-order valence-electron chi connectivity index (χ3n) is 1.47. The molecule has 0 unspecified atom stereocenters. The van der Waals surface area contributed by atoms with Crippen molar-refractivity contribution in [3.05, 3.63) is 33.8 Å². The summed E-state index contributed by atoms with van der Waals surface area (Å²) in [5.74, 6) is 3.82. The molecule has 0 heterocycles. The highest BCUT2D eigenvalue weighted by atomic mass is 79.9. The number of aliphatic hydroxyl groups excluding tert-OH is 1. The van der Waals surface area contributed by atoms with Gasteiger partial charge in [-0.25, -0.2) is 8.78 Å². The van der Waals surface area contributed by atoms with E-state index in [1.165, 1.54) is 0 Å². The summed E-state index contributed by atoms with van der Waals surface area (Å²) < 4.78 is 26.1. The van der Waals surface area contributed by atoms with E-state index in [0.29, 0.717) is 0 Å². The van der Waals surface area contributed by atoms with Crippen LogP contribution in [0.3, 0.4) is 0 Å². The van der Waals surface area contributed by atoms with Gasteiger partial charge >= 0.3 is 0 Å². The summed E-state index contributed by atoms with van der Waals surface area (Å²) in [6, 6.07) is 2.04. The number of benzene rings is 1. The number of hydrogen-bond acceptors (Lipinski definition) is 1. The summed E-state index contributed by atoms with van der Waals surface area (Å²) in [5.41, 5.74) is -0.000787. The Kier molecular flexibility index (Phi) is 4.05. The quantitative estimate of drug-likeness (QED) is 0.608. The van der Waals surface area contributed by atoms with E-state index >= 15 is 0 Å². The first-order chi connectivity index (χ1) is 6.65. The molecular weight excluding hydrogens is 254 g/mol. The van der Waals surface area contributed by atoms with Crippen molar-refractivity contribution in [3.8, 4) is 11.8 Å². The zero-order valence-electron chi connectivity index (χ0n) is 7.15. The minimum Gasteiger partial charge on any atom is -0.395 e. The maximum Gasteiger partial charge on any atom is 0.140 e. The zero-order valence-corrected chi connectivity index (χ0v) is 8.74. The molecule has 1 rings (SSSR count). The third kappa shape index (κ3) is 2.79. The van der Waals surface area contributed by atoms with Gasteiger partial charge in [-0.1, -0.05) is 11.8 Å². The Bertz CT molecular complexity index is 393. The van der Waals surface area contributed by atoms with Crippen molar-refractivity contribution in [2.75, 3.05) is 6.61 Å². The van der Waals surface area contributed by atoms with E-state index in [1.54, 1.807) is 0 Å². The van der Waals surface area contributed by atoms with Gasteiger partial charge in [0.15, 0.2) is 0 Å². The molecule has 0 atom stereocenters. The smallest absolute Gasteiger partial charge is 0.140 e. The summed E-state index contributed by atoms with van der Waals surface area (Å²) in [6.45, 7) is -0.0897. The predicted octanol–water partition coefficient (Wildman–Crippen LogP) is 2.46. The average molecular weight is 261 g/mol. The molecule has 0 saturated heterocycles. The standard InChI is InChI=1S/C10H7BrF2O/c11-8-6-9(12)7(5-10(8)13)3-1-2-4-14/h5-6,14H,2,4H2. The van der Waals surface area contributed by atoms with Crippen LogP contribution in [0.25, 0.3) is 0 Å². The highest BCUT2D eigenvalue weighted by Crippen LogP contribution is 2.19. The average Bonchev–Trinajstić information content (AvgIpc) is 2.14. The van der Waals surface area contributed by atoms with E-state index < -0.39 is 11.6 Å². The fourth-order valence-corrected chi connectivity index (χ4v) is 1.15. The molecule has 0 saturated carbocycles. The fourth-order valence-electron chi connectivity index (χ4n) is 0.832. The van der Waals surface area contributed by atoms with Crippen molar-refractivity contribution in [1.29, 1.82) is 0 Å². The van der Waals surface area contributed by atoms with Crippen LogP contribution in [0.2, 0.25) is 0 Å². The molecule has 0 aliphatic heterocycles. The first kappa shape index (κ1) is 11.2. The van der Waals surface area contributed by atoms with Crippen molar-refractivity contribution in [3.63, 3.8) is 0 Å². The molecule has 0 amide bonds. The van der Waals surface area contributed by atoms with Crippen molar-refractivity contribution in [2.45, 2.75) is 6.42 Å². The van der Waals surface area contributed by atoms with E-state index in [4.69, 9.17) is 5.11 Å².